The van der Waals surface area contributed by atoms with Crippen molar-refractivity contribution in [2.45, 2.75) is 47.1 Å². The highest BCUT2D eigenvalue weighted by Gasteiger charge is 2.12. The van der Waals surface area contributed by atoms with E-state index in [-0.39, 0.29) is 0 Å². The van der Waals surface area contributed by atoms with Crippen molar-refractivity contribution < 1.29 is 4.74 Å². The zero-order valence-corrected chi connectivity index (χ0v) is 13.3. The average Bonchev–Trinajstić information content (AvgIpc) is 2.89. The van der Waals surface area contributed by atoms with Crippen LogP contribution in [-0.2, 0) is 0 Å². The largest absolute Gasteiger partial charge is 0.435 e. The number of nitrogens with one attached hydrogen (secondary N) is 1. The highest BCUT2D eigenvalue weighted by atomic mass is 16.5. The van der Waals surface area contributed by atoms with E-state index < -0.39 is 0 Å². The third kappa shape index (κ3) is 3.71. The van der Waals surface area contributed by atoms with Crippen LogP contribution in [0.2, 0.25) is 0 Å². The molecule has 0 saturated heterocycles. The molecule has 0 aliphatic carbocycles. The first-order chi connectivity index (χ1) is 10.0. The number of aryl methyl sites for hydroxylation is 1. The van der Waals surface area contributed by atoms with Gasteiger partial charge in [-0.3, -0.25) is 4.68 Å². The van der Waals surface area contributed by atoms with Crippen molar-refractivity contribution in [1.82, 2.24) is 19.7 Å². The van der Waals surface area contributed by atoms with Crippen molar-refractivity contribution in [2.24, 2.45) is 0 Å². The Morgan fingerprint density at radius 1 is 1.29 bits per heavy atom. The molecule has 0 amide bonds. The van der Waals surface area contributed by atoms with Crippen LogP contribution in [0.4, 0.5) is 5.82 Å². The van der Waals surface area contributed by atoms with Gasteiger partial charge in [-0.05, 0) is 34.1 Å². The molecule has 2 aromatic rings. The van der Waals surface area contributed by atoms with Crippen LogP contribution in [0, 0.1) is 13.8 Å². The maximum absolute atomic E-state index is 5.87. The van der Waals surface area contributed by atoms with E-state index in [0.29, 0.717) is 23.5 Å². The Hall–Kier alpha value is -2.11. The molecule has 2 heterocycles. The van der Waals surface area contributed by atoms with Crippen LogP contribution in [0.25, 0.3) is 0 Å². The average molecular weight is 289 g/mol. The first-order valence-electron chi connectivity index (χ1n) is 7.32. The van der Waals surface area contributed by atoms with E-state index in [1.54, 1.807) is 6.20 Å². The van der Waals surface area contributed by atoms with Gasteiger partial charge >= 0.3 is 0 Å². The van der Waals surface area contributed by atoms with Crippen LogP contribution in [0.15, 0.2) is 12.4 Å². The monoisotopic (exact) mass is 289 g/mol. The number of hydrogen-bond donors (Lipinski definition) is 1. The lowest BCUT2D eigenvalue weighted by molar-refractivity contribution is 0.452. The first kappa shape index (κ1) is 15.3. The Bertz CT molecular complexity index is 606. The van der Waals surface area contributed by atoms with Gasteiger partial charge in [0, 0.05) is 12.6 Å². The van der Waals surface area contributed by atoms with Crippen molar-refractivity contribution in [1.29, 1.82) is 0 Å². The predicted octanol–water partition coefficient (Wildman–Crippen LogP) is 3.49. The lowest BCUT2D eigenvalue weighted by Gasteiger charge is -2.12. The number of aromatic nitrogens is 4. The van der Waals surface area contributed by atoms with Crippen molar-refractivity contribution >= 4 is 5.82 Å². The number of hydrogen-bond acceptors (Lipinski definition) is 5. The molecule has 6 nitrogen and oxygen atoms in total. The quantitative estimate of drug-likeness (QED) is 0.882. The molecule has 0 atom stereocenters. The van der Waals surface area contributed by atoms with Gasteiger partial charge in [0.1, 0.15) is 11.6 Å². The zero-order valence-electron chi connectivity index (χ0n) is 13.3. The molecular weight excluding hydrogens is 266 g/mol. The van der Waals surface area contributed by atoms with Gasteiger partial charge in [-0.25, -0.2) is 4.98 Å². The molecule has 2 rings (SSSR count). The van der Waals surface area contributed by atoms with Crippen molar-refractivity contribution in [3.05, 3.63) is 23.8 Å². The topological polar surface area (TPSA) is 64.9 Å². The third-order valence-electron chi connectivity index (χ3n) is 3.08. The van der Waals surface area contributed by atoms with Gasteiger partial charge in [-0.1, -0.05) is 6.92 Å². The van der Waals surface area contributed by atoms with Gasteiger partial charge in [0.25, 0.3) is 0 Å². The maximum Gasteiger partial charge on any atom is 0.227 e. The molecule has 0 aliphatic rings. The smallest absolute Gasteiger partial charge is 0.227 e. The van der Waals surface area contributed by atoms with Crippen molar-refractivity contribution in [3.63, 3.8) is 0 Å². The van der Waals surface area contributed by atoms with Crippen LogP contribution >= 0.6 is 0 Å². The lowest BCUT2D eigenvalue weighted by atomic mass is 10.3. The van der Waals surface area contributed by atoms with Gasteiger partial charge in [0.2, 0.25) is 5.88 Å². The van der Waals surface area contributed by atoms with Crippen LogP contribution in [0.1, 0.15) is 44.6 Å². The summed E-state index contributed by atoms with van der Waals surface area (Å²) in [5.41, 5.74) is 0.909. The second kappa shape index (κ2) is 6.56. The Morgan fingerprint density at radius 2 is 2.05 bits per heavy atom. The lowest BCUT2D eigenvalue weighted by Crippen LogP contribution is -2.07. The van der Waals surface area contributed by atoms with E-state index in [4.69, 9.17) is 4.74 Å². The molecule has 0 aliphatic heterocycles. The molecule has 0 saturated carbocycles. The molecular formula is C15H23N5O. The maximum atomic E-state index is 5.87. The van der Waals surface area contributed by atoms with Gasteiger partial charge in [0.15, 0.2) is 5.75 Å². The third-order valence-corrected chi connectivity index (χ3v) is 3.08. The molecule has 0 bridgehead atoms. The fraction of sp³-hybridized carbons (Fsp3) is 0.533. The minimum atomic E-state index is 0.303. The Balaban J connectivity index is 2.24. The van der Waals surface area contributed by atoms with Crippen LogP contribution in [-0.4, -0.2) is 26.3 Å². The molecule has 21 heavy (non-hydrogen) atoms. The number of ether oxygens (including phenoxy) is 1. The van der Waals surface area contributed by atoms with E-state index >= 15 is 0 Å². The summed E-state index contributed by atoms with van der Waals surface area (Å²) < 4.78 is 7.72. The fourth-order valence-electron chi connectivity index (χ4n) is 1.88. The van der Waals surface area contributed by atoms with Crippen molar-refractivity contribution in [3.8, 4) is 11.6 Å². The molecule has 6 heteroatoms. The SMILES string of the molecule is CCCNc1nc(C)nc(Oc2cnn(C(C)C)c2)c1C. The molecule has 0 unspecified atom stereocenters. The van der Waals surface area contributed by atoms with E-state index in [1.807, 2.05) is 24.7 Å². The zero-order chi connectivity index (χ0) is 15.4. The summed E-state index contributed by atoms with van der Waals surface area (Å²) in [6.45, 7) is 11.0. The Kier molecular flexibility index (Phi) is 4.77. The normalized spacial score (nSPS) is 11.0. The summed E-state index contributed by atoms with van der Waals surface area (Å²) >= 11 is 0. The summed E-state index contributed by atoms with van der Waals surface area (Å²) in [6, 6.07) is 0.303. The molecule has 0 radical (unpaired) electrons. The molecule has 0 spiro atoms. The Morgan fingerprint density at radius 3 is 2.67 bits per heavy atom. The van der Waals surface area contributed by atoms with Gasteiger partial charge < -0.3 is 10.1 Å². The van der Waals surface area contributed by atoms with Crippen LogP contribution in [0.5, 0.6) is 11.6 Å². The first-order valence-corrected chi connectivity index (χ1v) is 7.32. The van der Waals surface area contributed by atoms with Gasteiger partial charge in [-0.15, -0.1) is 0 Å². The number of rotatable bonds is 6. The highest BCUT2D eigenvalue weighted by Crippen LogP contribution is 2.27. The van der Waals surface area contributed by atoms with Gasteiger partial charge in [-0.2, -0.15) is 10.1 Å². The molecule has 0 fully saturated rings. The molecule has 2 aromatic heterocycles. The van der Waals surface area contributed by atoms with Gasteiger partial charge in [0.05, 0.1) is 18.0 Å². The molecule has 114 valence electrons. The fourth-order valence-corrected chi connectivity index (χ4v) is 1.88. The minimum absolute atomic E-state index is 0.303. The van der Waals surface area contributed by atoms with E-state index in [0.717, 1.165) is 24.3 Å². The second-order valence-electron chi connectivity index (χ2n) is 5.33. The molecule has 0 aromatic carbocycles. The summed E-state index contributed by atoms with van der Waals surface area (Å²) in [4.78, 5) is 8.80. The van der Waals surface area contributed by atoms with Crippen molar-refractivity contribution in [2.75, 3.05) is 11.9 Å². The van der Waals surface area contributed by atoms with E-state index in [2.05, 4.69) is 41.2 Å². The standard InChI is InChI=1S/C15H23N5O/c1-6-7-16-14-11(4)15(19-12(5)18-14)21-13-8-17-20(9-13)10(2)3/h8-10H,6-7H2,1-5H3,(H,16,18,19). The predicted molar refractivity (Wildman–Crippen MR) is 83.0 cm³/mol. The number of anilines is 1. The van der Waals surface area contributed by atoms with Crippen LogP contribution < -0.4 is 10.1 Å². The summed E-state index contributed by atoms with van der Waals surface area (Å²) in [6.07, 6.45) is 4.62. The van der Waals surface area contributed by atoms with E-state index in [1.165, 1.54) is 0 Å². The van der Waals surface area contributed by atoms with E-state index in [9.17, 15) is 0 Å². The summed E-state index contributed by atoms with van der Waals surface area (Å²) in [5.74, 6) is 2.77. The highest BCUT2D eigenvalue weighted by molar-refractivity contribution is 5.49. The summed E-state index contributed by atoms with van der Waals surface area (Å²) in [7, 11) is 0. The number of nitrogens with zero attached hydrogens (tertiary/aromatic N) is 4. The Labute approximate surface area is 125 Å². The molecule has 1 N–H and O–H groups in total. The minimum Gasteiger partial charge on any atom is -0.435 e. The summed E-state index contributed by atoms with van der Waals surface area (Å²) in [5, 5.41) is 7.57. The van der Waals surface area contributed by atoms with Crippen LogP contribution in [0.3, 0.4) is 0 Å². The second-order valence-corrected chi connectivity index (χ2v) is 5.33.